The van der Waals surface area contributed by atoms with E-state index in [0.29, 0.717) is 0 Å². The zero-order valence-corrected chi connectivity index (χ0v) is 7.48. The Labute approximate surface area is 59.4 Å². The number of nitrogens with zero attached hydrogens (tertiary/aromatic N) is 1. The monoisotopic (exact) mass is 179 g/mol. The van der Waals surface area contributed by atoms with E-state index in [1.54, 1.807) is 0 Å². The first-order valence-corrected chi connectivity index (χ1v) is 3.83. The summed E-state index contributed by atoms with van der Waals surface area (Å²) in [5.74, 6) is 0. The zero-order valence-electron chi connectivity index (χ0n) is 5.77. The minimum atomic E-state index is 1.11. The van der Waals surface area contributed by atoms with E-state index in [2.05, 4.69) is 41.2 Å². The number of rotatable bonds is 3. The Hall–Kier alpha value is 0.189. The Balaban J connectivity index is 3.52. The van der Waals surface area contributed by atoms with Crippen molar-refractivity contribution >= 4 is 20.1 Å². The van der Waals surface area contributed by atoms with Crippen LogP contribution in [0.2, 0.25) is 0 Å². The van der Waals surface area contributed by atoms with E-state index in [0.717, 1.165) is 13.1 Å². The van der Waals surface area contributed by atoms with Crippen molar-refractivity contribution in [3.63, 3.8) is 0 Å². The van der Waals surface area contributed by atoms with Crippen LogP contribution in [-0.4, -0.2) is 38.1 Å². The zero-order chi connectivity index (χ0) is 6.57. The second-order valence-electron chi connectivity index (χ2n) is 1.69. The van der Waals surface area contributed by atoms with Crippen LogP contribution in [0.25, 0.3) is 0 Å². The van der Waals surface area contributed by atoms with Crippen molar-refractivity contribution in [3.8, 4) is 0 Å². The van der Waals surface area contributed by atoms with Gasteiger partial charge in [-0.15, -0.1) is 0 Å². The topological polar surface area (TPSA) is 3.24 Å². The number of hydrogen-bond donors (Lipinski definition) is 0. The fourth-order valence-electron chi connectivity index (χ4n) is 0.669. The predicted molar refractivity (Wildman–Crippen MR) is 39.4 cm³/mol. The van der Waals surface area contributed by atoms with Gasteiger partial charge in [0.2, 0.25) is 0 Å². The van der Waals surface area contributed by atoms with Crippen LogP contribution in [0.5, 0.6) is 0 Å². The average Bonchev–Trinajstić information content (AvgIpc) is 1.69. The van der Waals surface area contributed by atoms with Gasteiger partial charge in [-0.25, -0.2) is 0 Å². The van der Waals surface area contributed by atoms with Crippen LogP contribution >= 0.6 is 0 Å². The minimum absolute atomic E-state index is 1.11. The third-order valence-corrected chi connectivity index (χ3v) is 1.75. The van der Waals surface area contributed by atoms with Gasteiger partial charge < -0.3 is 0 Å². The number of hydrogen-bond acceptors (Lipinski definition) is 1. The summed E-state index contributed by atoms with van der Waals surface area (Å²) in [6, 6.07) is 0. The Bertz CT molecular complexity index is 76.6. The predicted octanol–water partition coefficient (Wildman–Crippen LogP) is 0.646. The summed E-state index contributed by atoms with van der Waals surface area (Å²) in [5, 5.41) is 0. The van der Waals surface area contributed by atoms with Crippen LogP contribution < -0.4 is 0 Å². The fraction of sp³-hybridized carbons (Fsp3) is 0.833. The summed E-state index contributed by atoms with van der Waals surface area (Å²) in [4.78, 5) is 2.28. The van der Waals surface area contributed by atoms with Gasteiger partial charge in [-0.05, 0) is 0 Å². The van der Waals surface area contributed by atoms with Crippen LogP contribution in [0.3, 0.4) is 0 Å². The van der Waals surface area contributed by atoms with E-state index in [-0.39, 0.29) is 0 Å². The molecule has 0 spiro atoms. The molecule has 0 aliphatic rings. The summed E-state index contributed by atoms with van der Waals surface area (Å²) in [7, 11) is 0. The summed E-state index contributed by atoms with van der Waals surface area (Å²) >= 11 is 2.98. The summed E-state index contributed by atoms with van der Waals surface area (Å²) in [5.41, 5.74) is 0. The van der Waals surface area contributed by atoms with E-state index < -0.39 is 0 Å². The molecular formula is C6H13NSe. The average molecular weight is 178 g/mol. The van der Waals surface area contributed by atoms with E-state index >= 15 is 0 Å². The molecule has 0 bridgehead atoms. The maximum atomic E-state index is 2.98. The van der Waals surface area contributed by atoms with E-state index in [9.17, 15) is 0 Å². The maximum absolute atomic E-state index is 2.98. The third-order valence-electron chi connectivity index (χ3n) is 1.21. The van der Waals surface area contributed by atoms with Crippen molar-refractivity contribution in [2.75, 3.05) is 13.1 Å². The molecule has 1 nitrogen and oxygen atoms in total. The third kappa shape index (κ3) is 2.49. The normalized spacial score (nSPS) is 8.88. The Morgan fingerprint density at radius 2 is 1.75 bits per heavy atom. The first-order valence-electron chi connectivity index (χ1n) is 2.97. The first kappa shape index (κ1) is 8.19. The van der Waals surface area contributed by atoms with Gasteiger partial charge in [0.15, 0.2) is 0 Å². The second-order valence-corrected chi connectivity index (χ2v) is 2.93. The van der Waals surface area contributed by atoms with Gasteiger partial charge in [0.05, 0.1) is 0 Å². The molecule has 0 aliphatic carbocycles. The molecule has 8 heavy (non-hydrogen) atoms. The molecule has 0 heterocycles. The summed E-state index contributed by atoms with van der Waals surface area (Å²) < 4.78 is 1.29. The van der Waals surface area contributed by atoms with E-state index in [1.807, 2.05) is 0 Å². The molecule has 0 aromatic carbocycles. The van der Waals surface area contributed by atoms with Crippen molar-refractivity contribution in [1.82, 2.24) is 4.90 Å². The first-order chi connectivity index (χ1) is 3.72. The molecule has 0 radical (unpaired) electrons. The van der Waals surface area contributed by atoms with Crippen LogP contribution in [0.15, 0.2) is 0 Å². The van der Waals surface area contributed by atoms with E-state index in [1.165, 1.54) is 4.54 Å². The molecule has 0 saturated heterocycles. The molecule has 48 valence electrons. The van der Waals surface area contributed by atoms with Gasteiger partial charge in [-0.1, -0.05) is 0 Å². The van der Waals surface area contributed by atoms with E-state index in [4.69, 9.17) is 0 Å². The van der Waals surface area contributed by atoms with Crippen LogP contribution in [-0.2, 0) is 0 Å². The Kier molecular flexibility index (Phi) is 4.20. The molecule has 2 heteroatoms. The summed E-state index contributed by atoms with van der Waals surface area (Å²) in [6.07, 6.45) is 0. The van der Waals surface area contributed by atoms with Gasteiger partial charge in [-0.2, -0.15) is 0 Å². The van der Waals surface area contributed by atoms with Gasteiger partial charge in [0, 0.05) is 0 Å². The molecular weight excluding hydrogens is 165 g/mol. The standard InChI is InChI=1S/C6H13NSe/c1-4-7(5-2)6(3)8/h4-5H2,1-3H3. The molecule has 0 atom stereocenters. The van der Waals surface area contributed by atoms with Crippen molar-refractivity contribution in [2.45, 2.75) is 20.8 Å². The van der Waals surface area contributed by atoms with Crippen molar-refractivity contribution < 1.29 is 0 Å². The van der Waals surface area contributed by atoms with Crippen molar-refractivity contribution in [1.29, 1.82) is 0 Å². The quantitative estimate of drug-likeness (QED) is 0.573. The van der Waals surface area contributed by atoms with Crippen LogP contribution in [0, 0.1) is 0 Å². The molecule has 0 aromatic rings. The van der Waals surface area contributed by atoms with Crippen molar-refractivity contribution in [3.05, 3.63) is 0 Å². The SMILES string of the molecule is CCN(CC)C(C)=[Se]. The van der Waals surface area contributed by atoms with Gasteiger partial charge in [0.1, 0.15) is 0 Å². The molecule has 0 aliphatic heterocycles. The molecule has 0 saturated carbocycles. The van der Waals surface area contributed by atoms with Gasteiger partial charge >= 0.3 is 58.9 Å². The van der Waals surface area contributed by atoms with Crippen LogP contribution in [0.4, 0.5) is 0 Å². The molecule has 0 fully saturated rings. The Morgan fingerprint density at radius 1 is 1.38 bits per heavy atom. The Morgan fingerprint density at radius 3 is 1.75 bits per heavy atom. The fourth-order valence-corrected chi connectivity index (χ4v) is 1.21. The summed E-state index contributed by atoms with van der Waals surface area (Å²) in [6.45, 7) is 8.62. The van der Waals surface area contributed by atoms with Crippen LogP contribution in [0.1, 0.15) is 20.8 Å². The van der Waals surface area contributed by atoms with Crippen molar-refractivity contribution in [2.24, 2.45) is 0 Å². The molecule has 0 unspecified atom stereocenters. The second kappa shape index (κ2) is 4.11. The molecule has 0 N–H and O–H groups in total. The molecule has 0 amide bonds. The van der Waals surface area contributed by atoms with Gasteiger partial charge in [0.25, 0.3) is 0 Å². The van der Waals surface area contributed by atoms with Gasteiger partial charge in [-0.3, -0.25) is 0 Å². The molecule has 0 aromatic heterocycles. The molecule has 0 rings (SSSR count).